The molecule has 0 saturated heterocycles. The number of likely N-dealkylation sites (N-methyl/N-ethyl adjacent to an activating group) is 1. The SMILES string of the molecule is CN(CCOc1ccccc1F)C(=O)c1ccccc1Oc1ccccc1. The van der Waals surface area contributed by atoms with Gasteiger partial charge in [-0.2, -0.15) is 0 Å². The lowest BCUT2D eigenvalue weighted by molar-refractivity contribution is 0.0770. The largest absolute Gasteiger partial charge is 0.489 e. The monoisotopic (exact) mass is 365 g/mol. The molecule has 0 heterocycles. The van der Waals surface area contributed by atoms with E-state index in [-0.39, 0.29) is 18.3 Å². The number of nitrogens with zero attached hydrogens (tertiary/aromatic N) is 1. The van der Waals surface area contributed by atoms with E-state index in [0.717, 1.165) is 0 Å². The molecular formula is C22H20FNO3. The van der Waals surface area contributed by atoms with Gasteiger partial charge in [0.2, 0.25) is 0 Å². The maximum absolute atomic E-state index is 13.6. The molecule has 3 aromatic carbocycles. The predicted octanol–water partition coefficient (Wildman–Crippen LogP) is 4.77. The summed E-state index contributed by atoms with van der Waals surface area (Å²) < 4.78 is 24.8. The normalized spacial score (nSPS) is 10.3. The van der Waals surface area contributed by atoms with Crippen LogP contribution in [-0.4, -0.2) is 31.0 Å². The molecule has 138 valence electrons. The molecule has 1 amide bonds. The maximum Gasteiger partial charge on any atom is 0.257 e. The molecule has 4 nitrogen and oxygen atoms in total. The van der Waals surface area contributed by atoms with Crippen LogP contribution in [0.5, 0.6) is 17.2 Å². The molecule has 0 fully saturated rings. The van der Waals surface area contributed by atoms with Crippen molar-refractivity contribution in [2.24, 2.45) is 0 Å². The van der Waals surface area contributed by atoms with Crippen molar-refractivity contribution in [3.8, 4) is 17.2 Å². The molecule has 0 aliphatic carbocycles. The Labute approximate surface area is 157 Å². The molecule has 0 spiro atoms. The second-order valence-corrected chi connectivity index (χ2v) is 5.92. The highest BCUT2D eigenvalue weighted by Gasteiger charge is 2.17. The van der Waals surface area contributed by atoms with Crippen LogP contribution >= 0.6 is 0 Å². The van der Waals surface area contributed by atoms with Gasteiger partial charge in [-0.05, 0) is 36.4 Å². The fraction of sp³-hybridized carbons (Fsp3) is 0.136. The van der Waals surface area contributed by atoms with E-state index in [0.29, 0.717) is 23.6 Å². The van der Waals surface area contributed by atoms with E-state index >= 15 is 0 Å². The number of carbonyl (C=O) groups excluding carboxylic acids is 1. The molecule has 0 unspecified atom stereocenters. The van der Waals surface area contributed by atoms with Crippen LogP contribution < -0.4 is 9.47 Å². The van der Waals surface area contributed by atoms with Gasteiger partial charge in [-0.1, -0.05) is 42.5 Å². The second kappa shape index (κ2) is 8.85. The van der Waals surface area contributed by atoms with Gasteiger partial charge in [-0.3, -0.25) is 4.79 Å². The summed E-state index contributed by atoms with van der Waals surface area (Å²) in [5.74, 6) is 0.691. The Bertz CT molecular complexity index is 899. The third-order valence-electron chi connectivity index (χ3n) is 3.96. The van der Waals surface area contributed by atoms with Crippen molar-refractivity contribution in [2.75, 3.05) is 20.2 Å². The highest BCUT2D eigenvalue weighted by atomic mass is 19.1. The Kier molecular flexibility index (Phi) is 6.05. The fourth-order valence-corrected chi connectivity index (χ4v) is 2.51. The summed E-state index contributed by atoms with van der Waals surface area (Å²) in [7, 11) is 1.67. The van der Waals surface area contributed by atoms with Crippen LogP contribution in [0.3, 0.4) is 0 Å². The van der Waals surface area contributed by atoms with Crippen LogP contribution in [0.1, 0.15) is 10.4 Å². The van der Waals surface area contributed by atoms with Crippen molar-refractivity contribution >= 4 is 5.91 Å². The van der Waals surface area contributed by atoms with Crippen LogP contribution in [-0.2, 0) is 0 Å². The lowest BCUT2D eigenvalue weighted by Gasteiger charge is -2.19. The van der Waals surface area contributed by atoms with Crippen molar-refractivity contribution in [3.05, 3.63) is 90.2 Å². The van der Waals surface area contributed by atoms with E-state index in [1.165, 1.54) is 11.0 Å². The predicted molar refractivity (Wildman–Crippen MR) is 102 cm³/mol. The van der Waals surface area contributed by atoms with Gasteiger partial charge >= 0.3 is 0 Å². The molecule has 0 aliphatic rings. The van der Waals surface area contributed by atoms with Crippen molar-refractivity contribution < 1.29 is 18.7 Å². The number of hydrogen-bond acceptors (Lipinski definition) is 3. The summed E-state index contributed by atoms with van der Waals surface area (Å²) in [4.78, 5) is 14.3. The van der Waals surface area contributed by atoms with Gasteiger partial charge in [0.25, 0.3) is 5.91 Å². The molecule has 0 N–H and O–H groups in total. The summed E-state index contributed by atoms with van der Waals surface area (Å²) in [5, 5.41) is 0. The second-order valence-electron chi connectivity index (χ2n) is 5.92. The third kappa shape index (κ3) is 4.85. The molecule has 0 aromatic heterocycles. The molecule has 27 heavy (non-hydrogen) atoms. The molecule has 3 aromatic rings. The van der Waals surface area contributed by atoms with Crippen LogP contribution in [0.15, 0.2) is 78.9 Å². The summed E-state index contributed by atoms with van der Waals surface area (Å²) >= 11 is 0. The summed E-state index contributed by atoms with van der Waals surface area (Å²) in [6.07, 6.45) is 0. The molecule has 0 saturated carbocycles. The lowest BCUT2D eigenvalue weighted by atomic mass is 10.1. The van der Waals surface area contributed by atoms with E-state index in [1.807, 2.05) is 36.4 Å². The minimum absolute atomic E-state index is 0.172. The number of para-hydroxylation sites is 3. The number of rotatable bonds is 7. The van der Waals surface area contributed by atoms with Gasteiger partial charge in [0.05, 0.1) is 12.1 Å². The quantitative estimate of drug-likeness (QED) is 0.605. The van der Waals surface area contributed by atoms with Gasteiger partial charge in [0, 0.05) is 7.05 Å². The van der Waals surface area contributed by atoms with Gasteiger partial charge in [-0.25, -0.2) is 4.39 Å². The zero-order chi connectivity index (χ0) is 19.1. The number of halogens is 1. The highest BCUT2D eigenvalue weighted by Crippen LogP contribution is 2.26. The first-order chi connectivity index (χ1) is 13.1. The van der Waals surface area contributed by atoms with Crippen molar-refractivity contribution in [3.63, 3.8) is 0 Å². The Balaban J connectivity index is 1.64. The van der Waals surface area contributed by atoms with Crippen LogP contribution in [0.2, 0.25) is 0 Å². The summed E-state index contributed by atoms with van der Waals surface area (Å²) in [6.45, 7) is 0.498. The minimum atomic E-state index is -0.423. The fourth-order valence-electron chi connectivity index (χ4n) is 2.51. The number of carbonyl (C=O) groups is 1. The Morgan fingerprint density at radius 2 is 1.52 bits per heavy atom. The van der Waals surface area contributed by atoms with Crippen molar-refractivity contribution in [1.29, 1.82) is 0 Å². The zero-order valence-corrected chi connectivity index (χ0v) is 15.0. The van der Waals surface area contributed by atoms with E-state index < -0.39 is 5.82 Å². The Morgan fingerprint density at radius 3 is 2.26 bits per heavy atom. The number of ether oxygens (including phenoxy) is 2. The van der Waals surface area contributed by atoms with Crippen LogP contribution in [0, 0.1) is 5.82 Å². The van der Waals surface area contributed by atoms with E-state index in [1.54, 1.807) is 43.4 Å². The molecule has 5 heteroatoms. The summed E-state index contributed by atoms with van der Waals surface area (Å²) in [5.41, 5.74) is 0.453. The summed E-state index contributed by atoms with van der Waals surface area (Å²) in [6, 6.07) is 22.5. The van der Waals surface area contributed by atoms with E-state index in [9.17, 15) is 9.18 Å². The number of benzene rings is 3. The first kappa shape index (κ1) is 18.5. The van der Waals surface area contributed by atoms with Crippen LogP contribution in [0.4, 0.5) is 4.39 Å². The molecule has 0 atom stereocenters. The first-order valence-corrected chi connectivity index (χ1v) is 8.60. The van der Waals surface area contributed by atoms with Gasteiger partial charge in [-0.15, -0.1) is 0 Å². The van der Waals surface area contributed by atoms with Crippen molar-refractivity contribution in [1.82, 2.24) is 4.90 Å². The number of hydrogen-bond donors (Lipinski definition) is 0. The van der Waals surface area contributed by atoms with Gasteiger partial charge < -0.3 is 14.4 Å². The maximum atomic E-state index is 13.6. The van der Waals surface area contributed by atoms with E-state index in [2.05, 4.69) is 0 Å². The molecular weight excluding hydrogens is 345 g/mol. The molecule has 0 aliphatic heterocycles. The van der Waals surface area contributed by atoms with Crippen LogP contribution in [0.25, 0.3) is 0 Å². The standard InChI is InChI=1S/C22H20FNO3/c1-24(15-16-26-21-14-8-6-12-19(21)23)22(25)18-11-5-7-13-20(18)27-17-9-3-2-4-10-17/h2-14H,15-16H2,1H3. The van der Waals surface area contributed by atoms with Gasteiger partial charge in [0.1, 0.15) is 18.1 Å². The topological polar surface area (TPSA) is 38.8 Å². The molecule has 0 bridgehead atoms. The van der Waals surface area contributed by atoms with Gasteiger partial charge in [0.15, 0.2) is 11.6 Å². The smallest absolute Gasteiger partial charge is 0.257 e. The molecule has 0 radical (unpaired) electrons. The third-order valence-corrected chi connectivity index (χ3v) is 3.96. The minimum Gasteiger partial charge on any atom is -0.489 e. The Morgan fingerprint density at radius 1 is 0.889 bits per heavy atom. The zero-order valence-electron chi connectivity index (χ0n) is 15.0. The van der Waals surface area contributed by atoms with Crippen molar-refractivity contribution in [2.45, 2.75) is 0 Å². The lowest BCUT2D eigenvalue weighted by Crippen LogP contribution is -2.31. The molecule has 3 rings (SSSR count). The number of amides is 1. The first-order valence-electron chi connectivity index (χ1n) is 8.60. The highest BCUT2D eigenvalue weighted by molar-refractivity contribution is 5.96. The van der Waals surface area contributed by atoms with E-state index in [4.69, 9.17) is 9.47 Å². The average molecular weight is 365 g/mol. The Hall–Kier alpha value is -3.34. The average Bonchev–Trinajstić information content (AvgIpc) is 2.70.